The fourth-order valence-corrected chi connectivity index (χ4v) is 0.978. The number of carbonyl (C=O) groups is 1. The van der Waals surface area contributed by atoms with Gasteiger partial charge in [-0.3, -0.25) is 4.79 Å². The van der Waals surface area contributed by atoms with Crippen LogP contribution in [0, 0.1) is 0 Å². The van der Waals surface area contributed by atoms with E-state index in [2.05, 4.69) is 30.9 Å². The van der Waals surface area contributed by atoms with Crippen LogP contribution in [0.3, 0.4) is 0 Å². The Bertz CT molecular complexity index is 174. The summed E-state index contributed by atoms with van der Waals surface area (Å²) >= 11 is 0. The lowest BCUT2D eigenvalue weighted by atomic mass is 10.4. The van der Waals surface area contributed by atoms with E-state index in [1.807, 2.05) is 0 Å². The Balaban J connectivity index is 3.23. The molecule has 1 amide bonds. The molecule has 0 unspecified atom stereocenters. The number of rotatable bonds is 9. The van der Waals surface area contributed by atoms with Gasteiger partial charge in [0.25, 0.3) is 0 Å². The molecule has 0 aliphatic carbocycles. The number of ether oxygens (including phenoxy) is 1. The monoisotopic (exact) mass is 217 g/mol. The van der Waals surface area contributed by atoms with Crippen molar-refractivity contribution in [1.29, 1.82) is 0 Å². The fraction of sp³-hybridized carbons (Fsp3) is 0.900. The number of carbonyl (C=O) groups excluding carboxylic acids is 1. The smallest absolute Gasteiger partial charge is 0.219 e. The van der Waals surface area contributed by atoms with Crippen molar-refractivity contribution in [3.63, 3.8) is 0 Å². The van der Waals surface area contributed by atoms with Crippen LogP contribution in [0.25, 0.3) is 0 Å². The first-order chi connectivity index (χ1) is 7.02. The summed E-state index contributed by atoms with van der Waals surface area (Å²) in [6, 6.07) is 0. The normalized spacial score (nSPS) is 11.3. The van der Waals surface area contributed by atoms with Gasteiger partial charge in [0.1, 0.15) is 0 Å². The van der Waals surface area contributed by atoms with Crippen LogP contribution >= 0.6 is 0 Å². The molecule has 15 heavy (non-hydrogen) atoms. The SMILES string of the molecule is CN(C)CCN(C)CCOCCC(N)=O. The molecule has 90 valence electrons. The van der Waals surface area contributed by atoms with Gasteiger partial charge < -0.3 is 20.3 Å². The predicted molar refractivity (Wildman–Crippen MR) is 60.7 cm³/mol. The van der Waals surface area contributed by atoms with Gasteiger partial charge >= 0.3 is 0 Å². The molecular formula is C10H23N3O2. The first kappa shape index (κ1) is 14.3. The van der Waals surface area contributed by atoms with Gasteiger partial charge in [-0.25, -0.2) is 0 Å². The molecule has 0 rings (SSSR count). The van der Waals surface area contributed by atoms with Crippen LogP contribution in [0.15, 0.2) is 0 Å². The number of hydrogen-bond acceptors (Lipinski definition) is 4. The van der Waals surface area contributed by atoms with Gasteiger partial charge in [-0.2, -0.15) is 0 Å². The highest BCUT2D eigenvalue weighted by Gasteiger charge is 1.99. The third-order valence-electron chi connectivity index (χ3n) is 2.04. The molecule has 0 bridgehead atoms. The number of hydrogen-bond donors (Lipinski definition) is 1. The van der Waals surface area contributed by atoms with E-state index in [1.165, 1.54) is 0 Å². The average molecular weight is 217 g/mol. The first-order valence-corrected chi connectivity index (χ1v) is 5.21. The standard InChI is InChI=1S/C10H23N3O2/c1-12(2)5-6-13(3)7-9-15-8-4-10(11)14/h4-9H2,1-3H3,(H2,11,14). The van der Waals surface area contributed by atoms with Crippen LogP contribution in [-0.2, 0) is 9.53 Å². The summed E-state index contributed by atoms with van der Waals surface area (Å²) in [5.74, 6) is -0.309. The predicted octanol–water partition coefficient (Wildman–Crippen LogP) is -0.628. The highest BCUT2D eigenvalue weighted by molar-refractivity contribution is 5.73. The van der Waals surface area contributed by atoms with E-state index in [1.54, 1.807) is 0 Å². The summed E-state index contributed by atoms with van der Waals surface area (Å²) in [5.41, 5.74) is 4.98. The third-order valence-corrected chi connectivity index (χ3v) is 2.04. The Hall–Kier alpha value is -0.650. The Morgan fingerprint density at radius 3 is 2.33 bits per heavy atom. The second kappa shape index (κ2) is 8.64. The molecule has 0 aromatic heterocycles. The molecule has 0 aromatic carbocycles. The molecule has 0 saturated heterocycles. The second-order valence-electron chi connectivity index (χ2n) is 3.94. The molecule has 5 heteroatoms. The highest BCUT2D eigenvalue weighted by atomic mass is 16.5. The summed E-state index contributed by atoms with van der Waals surface area (Å²) in [6.07, 6.45) is 0.307. The highest BCUT2D eigenvalue weighted by Crippen LogP contribution is 1.86. The molecule has 0 atom stereocenters. The molecule has 0 aliphatic rings. The van der Waals surface area contributed by atoms with E-state index in [0.717, 1.165) is 19.6 Å². The van der Waals surface area contributed by atoms with E-state index >= 15 is 0 Å². The molecule has 0 saturated carbocycles. The van der Waals surface area contributed by atoms with Gasteiger partial charge in [-0.05, 0) is 21.1 Å². The lowest BCUT2D eigenvalue weighted by Crippen LogP contribution is -2.31. The largest absolute Gasteiger partial charge is 0.380 e. The van der Waals surface area contributed by atoms with Crippen molar-refractivity contribution in [2.45, 2.75) is 6.42 Å². The maximum absolute atomic E-state index is 10.4. The minimum absolute atomic E-state index is 0.307. The van der Waals surface area contributed by atoms with E-state index in [9.17, 15) is 4.79 Å². The Labute approximate surface area is 92.2 Å². The molecule has 2 N–H and O–H groups in total. The molecule has 0 radical (unpaired) electrons. The zero-order valence-corrected chi connectivity index (χ0v) is 10.0. The van der Waals surface area contributed by atoms with Crippen molar-refractivity contribution in [3.05, 3.63) is 0 Å². The lowest BCUT2D eigenvalue weighted by Gasteiger charge is -2.18. The van der Waals surface area contributed by atoms with Crippen LogP contribution in [-0.4, -0.2) is 69.7 Å². The number of nitrogens with two attached hydrogens (primary N) is 1. The Morgan fingerprint density at radius 1 is 1.13 bits per heavy atom. The van der Waals surface area contributed by atoms with Gasteiger partial charge in [0, 0.05) is 26.1 Å². The number of amides is 1. The van der Waals surface area contributed by atoms with Crippen molar-refractivity contribution >= 4 is 5.91 Å². The molecule has 0 fully saturated rings. The van der Waals surface area contributed by atoms with Gasteiger partial charge in [0.15, 0.2) is 0 Å². The molecule has 0 heterocycles. The number of likely N-dealkylation sites (N-methyl/N-ethyl adjacent to an activating group) is 2. The topological polar surface area (TPSA) is 58.8 Å². The third kappa shape index (κ3) is 11.3. The van der Waals surface area contributed by atoms with Gasteiger partial charge in [0.2, 0.25) is 5.91 Å². The van der Waals surface area contributed by atoms with Crippen molar-refractivity contribution < 1.29 is 9.53 Å². The summed E-state index contributed by atoms with van der Waals surface area (Å²) < 4.78 is 5.27. The van der Waals surface area contributed by atoms with E-state index in [-0.39, 0.29) is 5.91 Å². The molecule has 0 spiro atoms. The maximum atomic E-state index is 10.4. The maximum Gasteiger partial charge on any atom is 0.219 e. The summed E-state index contributed by atoms with van der Waals surface area (Å²) in [7, 11) is 6.16. The van der Waals surface area contributed by atoms with Gasteiger partial charge in [-0.1, -0.05) is 0 Å². The van der Waals surface area contributed by atoms with Crippen LogP contribution in [0.4, 0.5) is 0 Å². The first-order valence-electron chi connectivity index (χ1n) is 5.21. The number of primary amides is 1. The van der Waals surface area contributed by atoms with E-state index in [0.29, 0.717) is 19.6 Å². The van der Waals surface area contributed by atoms with Crippen molar-refractivity contribution in [2.24, 2.45) is 5.73 Å². The van der Waals surface area contributed by atoms with Crippen molar-refractivity contribution in [1.82, 2.24) is 9.80 Å². The zero-order valence-electron chi connectivity index (χ0n) is 10.0. The average Bonchev–Trinajstić information content (AvgIpc) is 2.13. The second-order valence-corrected chi connectivity index (χ2v) is 3.94. The van der Waals surface area contributed by atoms with Gasteiger partial charge in [-0.15, -0.1) is 0 Å². The molecule has 5 nitrogen and oxygen atoms in total. The number of nitrogens with zero attached hydrogens (tertiary/aromatic N) is 2. The Kier molecular flexibility index (Phi) is 8.27. The lowest BCUT2D eigenvalue weighted by molar-refractivity contribution is -0.119. The fourth-order valence-electron chi connectivity index (χ4n) is 0.978. The van der Waals surface area contributed by atoms with Crippen LogP contribution in [0.1, 0.15) is 6.42 Å². The molecule has 0 aromatic rings. The van der Waals surface area contributed by atoms with Crippen molar-refractivity contribution in [2.75, 3.05) is 54.0 Å². The van der Waals surface area contributed by atoms with Crippen LogP contribution in [0.2, 0.25) is 0 Å². The van der Waals surface area contributed by atoms with Gasteiger partial charge in [0.05, 0.1) is 13.2 Å². The summed E-state index contributed by atoms with van der Waals surface area (Å²) in [6.45, 7) is 4.02. The van der Waals surface area contributed by atoms with Crippen molar-refractivity contribution in [3.8, 4) is 0 Å². The van der Waals surface area contributed by atoms with Crippen LogP contribution < -0.4 is 5.73 Å². The quantitative estimate of drug-likeness (QED) is 0.523. The molecule has 0 aliphatic heterocycles. The minimum atomic E-state index is -0.309. The minimum Gasteiger partial charge on any atom is -0.380 e. The summed E-state index contributed by atoms with van der Waals surface area (Å²) in [4.78, 5) is 14.7. The molecular weight excluding hydrogens is 194 g/mol. The zero-order chi connectivity index (χ0) is 11.7. The van der Waals surface area contributed by atoms with Crippen LogP contribution in [0.5, 0.6) is 0 Å². The summed E-state index contributed by atoms with van der Waals surface area (Å²) in [5, 5.41) is 0. The Morgan fingerprint density at radius 2 is 1.80 bits per heavy atom. The van der Waals surface area contributed by atoms with E-state index < -0.39 is 0 Å². The van der Waals surface area contributed by atoms with E-state index in [4.69, 9.17) is 10.5 Å².